The number of likely N-dealkylation sites (N-methyl/N-ethyl adjacent to an activating group) is 1. The van der Waals surface area contributed by atoms with Crippen LogP contribution in [0.3, 0.4) is 0 Å². The van der Waals surface area contributed by atoms with Gasteiger partial charge in [-0.05, 0) is 25.9 Å². The summed E-state index contributed by atoms with van der Waals surface area (Å²) >= 11 is 0. The molecule has 4 nitrogen and oxygen atoms in total. The van der Waals surface area contributed by atoms with Crippen molar-refractivity contribution in [2.75, 3.05) is 45.8 Å². The van der Waals surface area contributed by atoms with Crippen molar-refractivity contribution in [1.29, 1.82) is 0 Å². The lowest BCUT2D eigenvalue weighted by atomic mass is 10.1. The number of hydrogen-bond acceptors (Lipinski definition) is 4. The molecule has 2 rings (SSSR count). The SMILES string of the molecule is CCNCC(O)CN1CCN2CCCC2C1. The van der Waals surface area contributed by atoms with Crippen LogP contribution >= 0.6 is 0 Å². The number of β-amino-alcohol motifs (C(OH)–C–C–N with tert-alkyl or cyclic N) is 1. The number of nitrogens with one attached hydrogen (secondary N) is 1. The monoisotopic (exact) mass is 227 g/mol. The molecule has 0 radical (unpaired) electrons. The summed E-state index contributed by atoms with van der Waals surface area (Å²) in [4.78, 5) is 5.03. The van der Waals surface area contributed by atoms with Crippen molar-refractivity contribution in [1.82, 2.24) is 15.1 Å². The molecule has 0 aliphatic carbocycles. The first-order valence-corrected chi connectivity index (χ1v) is 6.64. The van der Waals surface area contributed by atoms with Gasteiger partial charge in [-0.1, -0.05) is 6.92 Å². The van der Waals surface area contributed by atoms with Gasteiger partial charge in [-0.25, -0.2) is 0 Å². The highest BCUT2D eigenvalue weighted by Crippen LogP contribution is 2.21. The summed E-state index contributed by atoms with van der Waals surface area (Å²) in [6.07, 6.45) is 2.49. The van der Waals surface area contributed by atoms with Gasteiger partial charge >= 0.3 is 0 Å². The number of rotatable bonds is 5. The molecule has 2 heterocycles. The first-order chi connectivity index (χ1) is 7.79. The molecule has 94 valence electrons. The molecule has 0 amide bonds. The summed E-state index contributed by atoms with van der Waals surface area (Å²) in [6.45, 7) is 9.33. The molecule has 2 saturated heterocycles. The second-order valence-electron chi connectivity index (χ2n) is 5.05. The summed E-state index contributed by atoms with van der Waals surface area (Å²) in [7, 11) is 0. The Bertz CT molecular complexity index is 212. The zero-order valence-corrected chi connectivity index (χ0v) is 10.4. The van der Waals surface area contributed by atoms with Gasteiger partial charge in [0.1, 0.15) is 0 Å². The molecule has 0 aromatic heterocycles. The third-order valence-corrected chi connectivity index (χ3v) is 3.77. The van der Waals surface area contributed by atoms with Gasteiger partial charge in [0.15, 0.2) is 0 Å². The van der Waals surface area contributed by atoms with E-state index in [0.717, 1.165) is 38.8 Å². The lowest BCUT2D eigenvalue weighted by molar-refractivity contribution is 0.0571. The highest BCUT2D eigenvalue weighted by atomic mass is 16.3. The van der Waals surface area contributed by atoms with Crippen molar-refractivity contribution >= 4 is 0 Å². The van der Waals surface area contributed by atoms with Crippen LogP contribution in [0.4, 0.5) is 0 Å². The molecule has 2 N–H and O–H groups in total. The molecule has 4 heteroatoms. The minimum atomic E-state index is -0.215. The fourth-order valence-corrected chi connectivity index (χ4v) is 2.89. The Labute approximate surface area is 98.6 Å². The van der Waals surface area contributed by atoms with E-state index >= 15 is 0 Å². The lowest BCUT2D eigenvalue weighted by Gasteiger charge is -2.38. The summed E-state index contributed by atoms with van der Waals surface area (Å²) < 4.78 is 0. The van der Waals surface area contributed by atoms with Gasteiger partial charge in [0.05, 0.1) is 6.10 Å². The van der Waals surface area contributed by atoms with Crippen molar-refractivity contribution in [2.45, 2.75) is 31.9 Å². The fraction of sp³-hybridized carbons (Fsp3) is 1.00. The maximum Gasteiger partial charge on any atom is 0.0791 e. The first kappa shape index (κ1) is 12.3. The van der Waals surface area contributed by atoms with Crippen LogP contribution < -0.4 is 5.32 Å². The number of piperazine rings is 1. The van der Waals surface area contributed by atoms with Gasteiger partial charge in [0, 0.05) is 38.8 Å². The lowest BCUT2D eigenvalue weighted by Crippen LogP contribution is -2.52. The molecule has 2 unspecified atom stereocenters. The molecule has 0 aromatic carbocycles. The summed E-state index contributed by atoms with van der Waals surface area (Å²) in [5.74, 6) is 0. The standard InChI is InChI=1S/C12H25N3O/c1-2-13-8-12(16)10-14-6-7-15-5-3-4-11(15)9-14/h11-13,16H,2-10H2,1H3. The summed E-state index contributed by atoms with van der Waals surface area (Å²) in [5, 5.41) is 13.1. The van der Waals surface area contributed by atoms with E-state index in [0.29, 0.717) is 0 Å². The third kappa shape index (κ3) is 3.17. The number of hydrogen-bond donors (Lipinski definition) is 2. The quantitative estimate of drug-likeness (QED) is 0.678. The van der Waals surface area contributed by atoms with Crippen molar-refractivity contribution < 1.29 is 5.11 Å². The topological polar surface area (TPSA) is 38.7 Å². The van der Waals surface area contributed by atoms with E-state index in [2.05, 4.69) is 22.0 Å². The molecule has 0 saturated carbocycles. The molecule has 0 bridgehead atoms. The highest BCUT2D eigenvalue weighted by Gasteiger charge is 2.30. The largest absolute Gasteiger partial charge is 0.390 e. The van der Waals surface area contributed by atoms with E-state index < -0.39 is 0 Å². The van der Waals surface area contributed by atoms with Crippen molar-refractivity contribution in [3.63, 3.8) is 0 Å². The van der Waals surface area contributed by atoms with Gasteiger partial charge in [0.25, 0.3) is 0 Å². The van der Waals surface area contributed by atoms with Gasteiger partial charge < -0.3 is 10.4 Å². The van der Waals surface area contributed by atoms with E-state index in [1.54, 1.807) is 0 Å². The number of nitrogens with zero attached hydrogens (tertiary/aromatic N) is 2. The number of aliphatic hydroxyl groups excluding tert-OH is 1. The van der Waals surface area contributed by atoms with Crippen LogP contribution in [0.15, 0.2) is 0 Å². The molecule has 0 spiro atoms. The minimum absolute atomic E-state index is 0.215. The summed E-state index contributed by atoms with van der Waals surface area (Å²) in [5.41, 5.74) is 0. The molecule has 2 atom stereocenters. The third-order valence-electron chi connectivity index (χ3n) is 3.77. The number of fused-ring (bicyclic) bond motifs is 1. The van der Waals surface area contributed by atoms with Crippen molar-refractivity contribution in [2.24, 2.45) is 0 Å². The van der Waals surface area contributed by atoms with Gasteiger partial charge in [-0.3, -0.25) is 9.80 Å². The highest BCUT2D eigenvalue weighted by molar-refractivity contribution is 4.87. The van der Waals surface area contributed by atoms with Crippen LogP contribution in [-0.4, -0.2) is 72.9 Å². The van der Waals surface area contributed by atoms with E-state index in [4.69, 9.17) is 0 Å². The maximum atomic E-state index is 9.86. The maximum absolute atomic E-state index is 9.86. The molecular formula is C12H25N3O. The number of aliphatic hydroxyl groups is 1. The molecule has 16 heavy (non-hydrogen) atoms. The van der Waals surface area contributed by atoms with Crippen molar-refractivity contribution in [3.8, 4) is 0 Å². The predicted octanol–water partition coefficient (Wildman–Crippen LogP) is -0.263. The Morgan fingerprint density at radius 3 is 3.06 bits per heavy atom. The van der Waals surface area contributed by atoms with E-state index in [1.807, 2.05) is 0 Å². The molecule has 0 aromatic rings. The van der Waals surface area contributed by atoms with Gasteiger partial charge in [-0.15, -0.1) is 0 Å². The second-order valence-corrected chi connectivity index (χ2v) is 5.05. The van der Waals surface area contributed by atoms with E-state index in [9.17, 15) is 5.11 Å². The zero-order valence-electron chi connectivity index (χ0n) is 10.4. The minimum Gasteiger partial charge on any atom is -0.390 e. The average Bonchev–Trinajstić information content (AvgIpc) is 2.73. The normalized spacial score (nSPS) is 29.2. The molecule has 2 aliphatic rings. The Morgan fingerprint density at radius 2 is 2.25 bits per heavy atom. The first-order valence-electron chi connectivity index (χ1n) is 6.64. The van der Waals surface area contributed by atoms with Crippen LogP contribution in [0, 0.1) is 0 Å². The molecule has 2 aliphatic heterocycles. The Hall–Kier alpha value is -0.160. The molecule has 2 fully saturated rings. The van der Waals surface area contributed by atoms with Crippen LogP contribution in [0.5, 0.6) is 0 Å². The van der Waals surface area contributed by atoms with Crippen LogP contribution in [0.2, 0.25) is 0 Å². The predicted molar refractivity (Wildman–Crippen MR) is 65.6 cm³/mol. The summed E-state index contributed by atoms with van der Waals surface area (Å²) in [6, 6.07) is 0.764. The zero-order chi connectivity index (χ0) is 11.4. The van der Waals surface area contributed by atoms with Crippen LogP contribution in [0.1, 0.15) is 19.8 Å². The van der Waals surface area contributed by atoms with Gasteiger partial charge in [0.2, 0.25) is 0 Å². The Balaban J connectivity index is 1.70. The second kappa shape index (κ2) is 5.96. The fourth-order valence-electron chi connectivity index (χ4n) is 2.89. The Kier molecular flexibility index (Phi) is 4.58. The smallest absolute Gasteiger partial charge is 0.0791 e. The van der Waals surface area contributed by atoms with E-state index in [1.165, 1.54) is 25.9 Å². The Morgan fingerprint density at radius 1 is 1.38 bits per heavy atom. The van der Waals surface area contributed by atoms with Crippen molar-refractivity contribution in [3.05, 3.63) is 0 Å². The molecular weight excluding hydrogens is 202 g/mol. The van der Waals surface area contributed by atoms with Crippen LogP contribution in [-0.2, 0) is 0 Å². The average molecular weight is 227 g/mol. The van der Waals surface area contributed by atoms with E-state index in [-0.39, 0.29) is 6.10 Å². The van der Waals surface area contributed by atoms with Crippen LogP contribution in [0.25, 0.3) is 0 Å². The van der Waals surface area contributed by atoms with Gasteiger partial charge in [-0.2, -0.15) is 0 Å².